The Morgan fingerprint density at radius 2 is 2.15 bits per heavy atom. The molecule has 0 atom stereocenters. The number of piperidine rings is 1. The van der Waals surface area contributed by atoms with Crippen LogP contribution in [0.15, 0.2) is 5.51 Å². The fourth-order valence-electron chi connectivity index (χ4n) is 1.72. The maximum absolute atomic E-state index is 5.73. The molecule has 0 aromatic carbocycles. The zero-order valence-corrected chi connectivity index (χ0v) is 8.52. The van der Waals surface area contributed by atoms with Crippen molar-refractivity contribution in [2.75, 3.05) is 18.8 Å². The highest BCUT2D eigenvalue weighted by Gasteiger charge is 2.12. The summed E-state index contributed by atoms with van der Waals surface area (Å²) in [5, 5.41) is 0. The van der Waals surface area contributed by atoms with Gasteiger partial charge >= 0.3 is 0 Å². The molecule has 0 spiro atoms. The third kappa shape index (κ3) is 2.19. The molecule has 0 aliphatic carbocycles. The Balaban J connectivity index is 1.93. The van der Waals surface area contributed by atoms with E-state index in [0.717, 1.165) is 12.4 Å². The molecule has 0 amide bonds. The second-order valence-corrected chi connectivity index (χ2v) is 4.44. The lowest BCUT2D eigenvalue weighted by Gasteiger charge is -2.25. The SMILES string of the molecule is Nc1ncsc1CN1CCCCC1. The van der Waals surface area contributed by atoms with Crippen molar-refractivity contribution >= 4 is 17.2 Å². The van der Waals surface area contributed by atoms with Gasteiger partial charge in [0.05, 0.1) is 10.4 Å². The van der Waals surface area contributed by atoms with E-state index in [0.29, 0.717) is 0 Å². The first-order chi connectivity index (χ1) is 6.36. The van der Waals surface area contributed by atoms with Crippen molar-refractivity contribution in [1.29, 1.82) is 0 Å². The number of hydrogen-bond acceptors (Lipinski definition) is 4. The predicted octanol–water partition coefficient (Wildman–Crippen LogP) is 1.71. The highest BCUT2D eigenvalue weighted by Crippen LogP contribution is 2.19. The minimum atomic E-state index is 0.718. The molecule has 2 heterocycles. The molecule has 1 saturated heterocycles. The van der Waals surface area contributed by atoms with Crippen LogP contribution in [0.5, 0.6) is 0 Å². The van der Waals surface area contributed by atoms with E-state index in [4.69, 9.17) is 5.73 Å². The molecule has 0 unspecified atom stereocenters. The summed E-state index contributed by atoms with van der Waals surface area (Å²) in [6, 6.07) is 0. The fraction of sp³-hybridized carbons (Fsp3) is 0.667. The van der Waals surface area contributed by atoms with E-state index < -0.39 is 0 Å². The van der Waals surface area contributed by atoms with Gasteiger partial charge < -0.3 is 5.73 Å². The number of nitrogens with zero attached hydrogens (tertiary/aromatic N) is 2. The van der Waals surface area contributed by atoms with E-state index >= 15 is 0 Å². The van der Waals surface area contributed by atoms with Crippen LogP contribution in [0, 0.1) is 0 Å². The van der Waals surface area contributed by atoms with Gasteiger partial charge in [0.15, 0.2) is 0 Å². The van der Waals surface area contributed by atoms with Gasteiger partial charge in [0.1, 0.15) is 5.82 Å². The number of thiazole rings is 1. The molecule has 1 aromatic heterocycles. The van der Waals surface area contributed by atoms with Crippen LogP contribution in [0.2, 0.25) is 0 Å². The number of rotatable bonds is 2. The standard InChI is InChI=1S/C9H15N3S/c10-9-8(13-7-11-9)6-12-4-2-1-3-5-12/h7H,1-6,10H2. The normalized spacial score (nSPS) is 19.1. The molecule has 0 saturated carbocycles. The van der Waals surface area contributed by atoms with Gasteiger partial charge in [-0.3, -0.25) is 4.90 Å². The first-order valence-electron chi connectivity index (χ1n) is 4.76. The highest BCUT2D eigenvalue weighted by molar-refractivity contribution is 7.10. The quantitative estimate of drug-likeness (QED) is 0.785. The zero-order valence-electron chi connectivity index (χ0n) is 7.70. The molecule has 1 fully saturated rings. The summed E-state index contributed by atoms with van der Waals surface area (Å²) >= 11 is 1.67. The summed E-state index contributed by atoms with van der Waals surface area (Å²) in [5.41, 5.74) is 7.56. The summed E-state index contributed by atoms with van der Waals surface area (Å²) in [5.74, 6) is 0.718. The monoisotopic (exact) mass is 197 g/mol. The molecule has 4 heteroatoms. The summed E-state index contributed by atoms with van der Waals surface area (Å²) < 4.78 is 0. The fourth-order valence-corrected chi connectivity index (χ4v) is 2.44. The number of nitrogen functional groups attached to an aromatic ring is 1. The van der Waals surface area contributed by atoms with Gasteiger partial charge in [-0.2, -0.15) is 0 Å². The summed E-state index contributed by atoms with van der Waals surface area (Å²) in [6.45, 7) is 3.44. The first-order valence-corrected chi connectivity index (χ1v) is 5.64. The van der Waals surface area contributed by atoms with Crippen LogP contribution in [0.1, 0.15) is 24.1 Å². The van der Waals surface area contributed by atoms with Crippen LogP contribution in [0.4, 0.5) is 5.82 Å². The summed E-state index contributed by atoms with van der Waals surface area (Å²) in [6.07, 6.45) is 4.05. The molecule has 13 heavy (non-hydrogen) atoms. The first kappa shape index (κ1) is 8.97. The molecule has 3 nitrogen and oxygen atoms in total. The Labute approximate surface area is 82.6 Å². The number of aromatic nitrogens is 1. The topological polar surface area (TPSA) is 42.1 Å². The Kier molecular flexibility index (Phi) is 2.80. The smallest absolute Gasteiger partial charge is 0.138 e. The molecule has 0 radical (unpaired) electrons. The molecule has 1 aliphatic heterocycles. The van der Waals surface area contributed by atoms with Crippen molar-refractivity contribution in [3.05, 3.63) is 10.4 Å². The van der Waals surface area contributed by atoms with Gasteiger partial charge in [-0.25, -0.2) is 4.98 Å². The lowest BCUT2D eigenvalue weighted by atomic mass is 10.1. The van der Waals surface area contributed by atoms with E-state index in [-0.39, 0.29) is 0 Å². The highest BCUT2D eigenvalue weighted by atomic mass is 32.1. The van der Waals surface area contributed by atoms with Gasteiger partial charge in [-0.1, -0.05) is 6.42 Å². The lowest BCUT2D eigenvalue weighted by Crippen LogP contribution is -2.28. The third-order valence-corrected chi connectivity index (χ3v) is 3.32. The lowest BCUT2D eigenvalue weighted by molar-refractivity contribution is 0.223. The van der Waals surface area contributed by atoms with Crippen LogP contribution in [-0.2, 0) is 6.54 Å². The van der Waals surface area contributed by atoms with Crippen molar-refractivity contribution in [3.8, 4) is 0 Å². The average molecular weight is 197 g/mol. The maximum atomic E-state index is 5.73. The number of hydrogen-bond donors (Lipinski definition) is 1. The van der Waals surface area contributed by atoms with Crippen molar-refractivity contribution < 1.29 is 0 Å². The van der Waals surface area contributed by atoms with Crippen molar-refractivity contribution in [1.82, 2.24) is 9.88 Å². The number of anilines is 1. The molecule has 72 valence electrons. The Hall–Kier alpha value is -0.610. The van der Waals surface area contributed by atoms with E-state index in [2.05, 4.69) is 9.88 Å². The summed E-state index contributed by atoms with van der Waals surface area (Å²) in [7, 11) is 0. The predicted molar refractivity (Wildman–Crippen MR) is 55.7 cm³/mol. The van der Waals surface area contributed by atoms with Crippen molar-refractivity contribution in [2.45, 2.75) is 25.8 Å². The molecule has 2 rings (SSSR count). The Morgan fingerprint density at radius 3 is 2.77 bits per heavy atom. The average Bonchev–Trinajstić information content (AvgIpc) is 2.54. The van der Waals surface area contributed by atoms with Gasteiger partial charge in [-0.15, -0.1) is 11.3 Å². The van der Waals surface area contributed by atoms with Crippen molar-refractivity contribution in [2.24, 2.45) is 0 Å². The second kappa shape index (κ2) is 4.07. The molecular weight excluding hydrogens is 182 g/mol. The van der Waals surface area contributed by atoms with Crippen LogP contribution in [0.25, 0.3) is 0 Å². The zero-order chi connectivity index (χ0) is 9.10. The molecule has 1 aromatic rings. The van der Waals surface area contributed by atoms with E-state index in [1.165, 1.54) is 37.2 Å². The van der Waals surface area contributed by atoms with Crippen LogP contribution < -0.4 is 5.73 Å². The van der Waals surface area contributed by atoms with Crippen LogP contribution >= 0.6 is 11.3 Å². The molecular formula is C9H15N3S. The van der Waals surface area contributed by atoms with E-state index in [1.807, 2.05) is 5.51 Å². The van der Waals surface area contributed by atoms with Crippen LogP contribution in [0.3, 0.4) is 0 Å². The minimum absolute atomic E-state index is 0.718. The third-order valence-electron chi connectivity index (χ3n) is 2.49. The number of nitrogens with two attached hydrogens (primary N) is 1. The van der Waals surface area contributed by atoms with Crippen LogP contribution in [-0.4, -0.2) is 23.0 Å². The molecule has 2 N–H and O–H groups in total. The summed E-state index contributed by atoms with van der Waals surface area (Å²) in [4.78, 5) is 7.74. The van der Waals surface area contributed by atoms with E-state index in [9.17, 15) is 0 Å². The van der Waals surface area contributed by atoms with E-state index in [1.54, 1.807) is 11.3 Å². The van der Waals surface area contributed by atoms with Gasteiger partial charge in [0.25, 0.3) is 0 Å². The molecule has 0 bridgehead atoms. The Bertz CT molecular complexity index is 266. The van der Waals surface area contributed by atoms with Crippen molar-refractivity contribution in [3.63, 3.8) is 0 Å². The number of likely N-dealkylation sites (tertiary alicyclic amines) is 1. The maximum Gasteiger partial charge on any atom is 0.138 e. The largest absolute Gasteiger partial charge is 0.383 e. The molecule has 1 aliphatic rings. The Morgan fingerprint density at radius 1 is 1.38 bits per heavy atom. The second-order valence-electron chi connectivity index (χ2n) is 3.50. The van der Waals surface area contributed by atoms with Gasteiger partial charge in [0, 0.05) is 6.54 Å². The minimum Gasteiger partial charge on any atom is -0.383 e. The van der Waals surface area contributed by atoms with Gasteiger partial charge in [-0.05, 0) is 25.9 Å². The van der Waals surface area contributed by atoms with Gasteiger partial charge in [0.2, 0.25) is 0 Å².